The molecule has 3 aromatic carbocycles. The van der Waals surface area contributed by atoms with Crippen LogP contribution in [0.1, 0.15) is 31.9 Å². The second kappa shape index (κ2) is 12.8. The third-order valence-electron chi connectivity index (χ3n) is 6.85. The average molecular weight is 554 g/mol. The van der Waals surface area contributed by atoms with Crippen molar-refractivity contribution in [2.75, 3.05) is 13.7 Å². The fourth-order valence-corrected chi connectivity index (χ4v) is 4.93. The van der Waals surface area contributed by atoms with Gasteiger partial charge in [0.25, 0.3) is 0 Å². The molecule has 4 rings (SSSR count). The predicted molar refractivity (Wildman–Crippen MR) is 147 cm³/mol. The smallest absolute Gasteiger partial charge is 0.229 e. The second-order valence-electron chi connectivity index (χ2n) is 10.3. The van der Waals surface area contributed by atoms with Crippen LogP contribution >= 0.6 is 0 Å². The highest BCUT2D eigenvalue weighted by atomic mass is 19.1. The van der Waals surface area contributed by atoms with Crippen LogP contribution in [-0.4, -0.2) is 60.0 Å². The number of ether oxygens (including phenoxy) is 4. The summed E-state index contributed by atoms with van der Waals surface area (Å²) in [6.07, 6.45) is -4.24. The van der Waals surface area contributed by atoms with Crippen LogP contribution < -0.4 is 14.8 Å². The normalized spacial score (nSPS) is 22.0. The molecular weight excluding hydrogens is 517 g/mol. The molecule has 0 spiro atoms. The average Bonchev–Trinajstić information content (AvgIpc) is 2.91. The Balaban J connectivity index is 1.75. The maximum Gasteiger partial charge on any atom is 0.229 e. The maximum absolute atomic E-state index is 14.3. The van der Waals surface area contributed by atoms with Gasteiger partial charge in [-0.25, -0.2) is 4.39 Å². The predicted octanol–water partition coefficient (Wildman–Crippen LogP) is 4.00. The molecule has 9 heteroatoms. The van der Waals surface area contributed by atoms with Gasteiger partial charge in [-0.3, -0.25) is 4.79 Å². The van der Waals surface area contributed by atoms with Gasteiger partial charge in [0.15, 0.2) is 0 Å². The van der Waals surface area contributed by atoms with Crippen molar-refractivity contribution in [1.82, 2.24) is 5.32 Å². The highest BCUT2D eigenvalue weighted by Crippen LogP contribution is 2.39. The van der Waals surface area contributed by atoms with Crippen molar-refractivity contribution < 1.29 is 38.3 Å². The SMILES string of the molecule is CO[C@@H]1[C@@H](O)[C@@H](O)[C@H](Oc2cc(OCc3ccccc3)c(CCNC(C)=O)c(-c3cccc(F)c3)c2)OC1(C)C. The van der Waals surface area contributed by atoms with Crippen molar-refractivity contribution in [2.45, 2.75) is 64.0 Å². The lowest BCUT2D eigenvalue weighted by Crippen LogP contribution is -2.63. The first-order valence-electron chi connectivity index (χ1n) is 13.2. The molecule has 8 nitrogen and oxygen atoms in total. The van der Waals surface area contributed by atoms with E-state index in [1.807, 2.05) is 30.3 Å². The number of carbonyl (C=O) groups is 1. The van der Waals surface area contributed by atoms with Crippen molar-refractivity contribution in [3.05, 3.63) is 83.7 Å². The molecule has 214 valence electrons. The Bertz CT molecular complexity index is 1300. The van der Waals surface area contributed by atoms with Gasteiger partial charge in [0.05, 0.1) is 5.60 Å². The highest BCUT2D eigenvalue weighted by molar-refractivity contribution is 5.74. The molecule has 0 bridgehead atoms. The zero-order chi connectivity index (χ0) is 28.9. The first-order chi connectivity index (χ1) is 19.1. The van der Waals surface area contributed by atoms with E-state index in [-0.39, 0.29) is 18.3 Å². The molecule has 0 aliphatic carbocycles. The van der Waals surface area contributed by atoms with Gasteiger partial charge in [-0.05, 0) is 55.2 Å². The summed E-state index contributed by atoms with van der Waals surface area (Å²) in [7, 11) is 1.44. The molecule has 40 heavy (non-hydrogen) atoms. The third kappa shape index (κ3) is 6.98. The summed E-state index contributed by atoms with van der Waals surface area (Å²) in [5.41, 5.74) is 1.93. The summed E-state index contributed by atoms with van der Waals surface area (Å²) in [5.74, 6) is 0.169. The topological polar surface area (TPSA) is 106 Å². The monoisotopic (exact) mass is 553 g/mol. The maximum atomic E-state index is 14.3. The van der Waals surface area contributed by atoms with Gasteiger partial charge in [-0.15, -0.1) is 0 Å². The number of halogens is 1. The fraction of sp³-hybridized carbons (Fsp3) is 0.387. The highest BCUT2D eigenvalue weighted by Gasteiger charge is 2.50. The Morgan fingerprint density at radius 2 is 1.80 bits per heavy atom. The van der Waals surface area contributed by atoms with Crippen molar-refractivity contribution >= 4 is 5.91 Å². The molecule has 0 unspecified atom stereocenters. The molecule has 0 saturated carbocycles. The standard InChI is InChI=1S/C31H36FNO7/c1-19(34)33-14-13-24-25(21-11-8-12-22(32)15-21)16-23(17-26(24)38-18-20-9-6-5-7-10-20)39-30-28(36)27(35)29(37-4)31(2,3)40-30/h5-12,15-17,27-30,35-36H,13-14,18H2,1-4H3,(H,33,34)/t27-,28+,29+,30+/m0/s1. The summed E-state index contributed by atoms with van der Waals surface area (Å²) < 4.78 is 38.1. The van der Waals surface area contributed by atoms with E-state index >= 15 is 0 Å². The number of amides is 1. The van der Waals surface area contributed by atoms with E-state index in [1.165, 1.54) is 26.2 Å². The van der Waals surface area contributed by atoms with E-state index in [0.717, 1.165) is 11.1 Å². The summed E-state index contributed by atoms with van der Waals surface area (Å²) in [6.45, 7) is 5.51. The lowest BCUT2D eigenvalue weighted by Gasteiger charge is -2.46. The first-order valence-corrected chi connectivity index (χ1v) is 13.2. The molecule has 1 aliphatic heterocycles. The fourth-order valence-electron chi connectivity index (χ4n) is 4.93. The number of hydrogen-bond donors (Lipinski definition) is 3. The minimum atomic E-state index is -1.40. The van der Waals surface area contributed by atoms with Crippen molar-refractivity contribution in [1.29, 1.82) is 0 Å². The van der Waals surface area contributed by atoms with Crippen LogP contribution in [0.25, 0.3) is 11.1 Å². The van der Waals surface area contributed by atoms with Crippen LogP contribution in [0.3, 0.4) is 0 Å². The van der Waals surface area contributed by atoms with Crippen molar-refractivity contribution in [3.8, 4) is 22.6 Å². The van der Waals surface area contributed by atoms with Crippen molar-refractivity contribution in [3.63, 3.8) is 0 Å². The Morgan fingerprint density at radius 3 is 2.48 bits per heavy atom. The lowest BCUT2D eigenvalue weighted by atomic mass is 9.89. The largest absolute Gasteiger partial charge is 0.488 e. The van der Waals surface area contributed by atoms with Gasteiger partial charge in [0.2, 0.25) is 12.2 Å². The van der Waals surface area contributed by atoms with Gasteiger partial charge < -0.3 is 34.5 Å². The zero-order valence-corrected chi connectivity index (χ0v) is 23.1. The molecule has 1 saturated heterocycles. The Kier molecular flexibility index (Phi) is 9.42. The number of benzene rings is 3. The molecule has 0 radical (unpaired) electrons. The van der Waals surface area contributed by atoms with E-state index in [0.29, 0.717) is 29.8 Å². The molecule has 1 heterocycles. The quantitative estimate of drug-likeness (QED) is 0.349. The van der Waals surface area contributed by atoms with Crippen LogP contribution in [0.5, 0.6) is 11.5 Å². The number of aliphatic hydroxyl groups excluding tert-OH is 2. The van der Waals surface area contributed by atoms with Crippen LogP contribution in [0.15, 0.2) is 66.7 Å². The van der Waals surface area contributed by atoms with Gasteiger partial charge in [-0.2, -0.15) is 0 Å². The molecule has 1 amide bonds. The van der Waals surface area contributed by atoms with E-state index in [2.05, 4.69) is 5.32 Å². The Labute approximate surface area is 233 Å². The van der Waals surface area contributed by atoms with E-state index in [1.54, 1.807) is 38.1 Å². The summed E-state index contributed by atoms with van der Waals surface area (Å²) in [5, 5.41) is 24.3. The zero-order valence-electron chi connectivity index (χ0n) is 23.1. The van der Waals surface area contributed by atoms with Gasteiger partial charge >= 0.3 is 0 Å². The molecule has 3 aromatic rings. The number of hydrogen-bond acceptors (Lipinski definition) is 7. The molecular formula is C31H36FNO7. The van der Waals surface area contributed by atoms with Crippen molar-refractivity contribution in [2.24, 2.45) is 0 Å². The Morgan fingerprint density at radius 1 is 1.05 bits per heavy atom. The number of nitrogens with one attached hydrogen (secondary N) is 1. The number of carbonyl (C=O) groups excluding carboxylic acids is 1. The van der Waals surface area contributed by atoms with Crippen LogP contribution in [0, 0.1) is 5.82 Å². The van der Waals surface area contributed by atoms with Gasteiger partial charge in [-0.1, -0.05) is 42.5 Å². The minimum Gasteiger partial charge on any atom is -0.488 e. The summed E-state index contributed by atoms with van der Waals surface area (Å²) in [4.78, 5) is 11.6. The minimum absolute atomic E-state index is 0.169. The van der Waals surface area contributed by atoms with Crippen LogP contribution in [0.4, 0.5) is 4.39 Å². The van der Waals surface area contributed by atoms with E-state index in [4.69, 9.17) is 18.9 Å². The summed E-state index contributed by atoms with van der Waals surface area (Å²) >= 11 is 0. The third-order valence-corrected chi connectivity index (χ3v) is 6.85. The molecule has 0 aromatic heterocycles. The first kappa shape index (κ1) is 29.5. The van der Waals surface area contributed by atoms with Crippen LogP contribution in [0.2, 0.25) is 0 Å². The number of aliphatic hydroxyl groups is 2. The second-order valence-corrected chi connectivity index (χ2v) is 10.3. The molecule has 1 fully saturated rings. The number of methoxy groups -OCH3 is 1. The summed E-state index contributed by atoms with van der Waals surface area (Å²) in [6, 6.07) is 19.1. The molecule has 3 N–H and O–H groups in total. The molecule has 1 aliphatic rings. The number of rotatable bonds is 10. The molecule has 4 atom stereocenters. The lowest BCUT2D eigenvalue weighted by molar-refractivity contribution is -0.305. The van der Waals surface area contributed by atoms with E-state index < -0.39 is 36.0 Å². The van der Waals surface area contributed by atoms with Crippen LogP contribution in [-0.2, 0) is 27.3 Å². The van der Waals surface area contributed by atoms with Gasteiger partial charge in [0, 0.05) is 32.2 Å². The Hall–Kier alpha value is -3.50. The van der Waals surface area contributed by atoms with Gasteiger partial charge in [0.1, 0.15) is 42.2 Å². The van der Waals surface area contributed by atoms with E-state index in [9.17, 15) is 19.4 Å².